The summed E-state index contributed by atoms with van der Waals surface area (Å²) in [5.41, 5.74) is 0. The van der Waals surface area contributed by atoms with E-state index in [0.717, 1.165) is 42.4 Å². The number of rotatable bonds is 8. The third kappa shape index (κ3) is 7.14. The smallest absolute Gasteiger partial charge is 0.308 e. The van der Waals surface area contributed by atoms with E-state index in [1.807, 2.05) is 0 Å². The van der Waals surface area contributed by atoms with Gasteiger partial charge in [-0.1, -0.05) is 44.8 Å². The number of unbranched alkanes of at least 4 members (excludes halogenated alkanes) is 2. The van der Waals surface area contributed by atoms with E-state index in [1.54, 1.807) is 0 Å². The van der Waals surface area contributed by atoms with Gasteiger partial charge in [0.1, 0.15) is 0 Å². The number of methoxy groups -OCH3 is 1. The summed E-state index contributed by atoms with van der Waals surface area (Å²) in [5.74, 6) is 4.70. The first-order chi connectivity index (χ1) is 14.2. The second-order valence-electron chi connectivity index (χ2n) is 10.5. The van der Waals surface area contributed by atoms with Gasteiger partial charge in [-0.05, 0) is 107 Å². The van der Waals surface area contributed by atoms with Gasteiger partial charge in [0.25, 0.3) is 0 Å². The molecular formula is C27H46O2. The Morgan fingerprint density at radius 2 is 1.28 bits per heavy atom. The topological polar surface area (TPSA) is 26.3 Å². The fraction of sp³-hybridized carbons (Fsp3) is 0.889. The van der Waals surface area contributed by atoms with Gasteiger partial charge >= 0.3 is 5.97 Å². The second-order valence-corrected chi connectivity index (χ2v) is 10.5. The van der Waals surface area contributed by atoms with Crippen LogP contribution in [-0.4, -0.2) is 13.1 Å². The van der Waals surface area contributed by atoms with Crippen molar-refractivity contribution in [3.8, 4) is 0 Å². The first kappa shape index (κ1) is 22.9. The fourth-order valence-corrected chi connectivity index (χ4v) is 6.47. The first-order valence-electron chi connectivity index (χ1n) is 13.0. The molecule has 2 heteroatoms. The average Bonchev–Trinajstić information content (AvgIpc) is 2.78. The minimum atomic E-state index is 0.0206. The molecule has 0 aromatic rings. The average molecular weight is 403 g/mol. The number of hydrogen-bond acceptors (Lipinski definition) is 2. The van der Waals surface area contributed by atoms with Gasteiger partial charge in [-0.3, -0.25) is 4.79 Å². The predicted octanol–water partition coefficient (Wildman–Crippen LogP) is 7.72. The number of carbonyl (C=O) groups is 1. The van der Waals surface area contributed by atoms with Crippen LogP contribution in [-0.2, 0) is 9.53 Å². The van der Waals surface area contributed by atoms with Gasteiger partial charge in [0.2, 0.25) is 0 Å². The summed E-state index contributed by atoms with van der Waals surface area (Å²) >= 11 is 0. The zero-order chi connectivity index (χ0) is 20.5. The van der Waals surface area contributed by atoms with E-state index in [-0.39, 0.29) is 11.9 Å². The van der Waals surface area contributed by atoms with E-state index < -0.39 is 0 Å². The van der Waals surface area contributed by atoms with Crippen molar-refractivity contribution < 1.29 is 9.53 Å². The van der Waals surface area contributed by atoms with Crippen LogP contribution in [0.4, 0.5) is 0 Å². The number of ether oxygens (including phenoxy) is 1. The summed E-state index contributed by atoms with van der Waals surface area (Å²) in [6.45, 7) is 2.31. The lowest BCUT2D eigenvalue weighted by Crippen LogP contribution is -2.28. The van der Waals surface area contributed by atoms with Crippen LogP contribution in [0.25, 0.3) is 0 Å². The van der Waals surface area contributed by atoms with Crippen molar-refractivity contribution in [3.63, 3.8) is 0 Å². The van der Waals surface area contributed by atoms with E-state index in [2.05, 4.69) is 19.1 Å². The van der Waals surface area contributed by atoms with Gasteiger partial charge in [-0.2, -0.15) is 0 Å². The molecule has 0 saturated heterocycles. The summed E-state index contributed by atoms with van der Waals surface area (Å²) in [6.07, 6.45) is 26.9. The lowest BCUT2D eigenvalue weighted by molar-refractivity contribution is -0.147. The lowest BCUT2D eigenvalue weighted by Gasteiger charge is -2.37. The monoisotopic (exact) mass is 402 g/mol. The molecule has 2 nitrogen and oxygen atoms in total. The Hall–Kier alpha value is -0.790. The van der Waals surface area contributed by atoms with Gasteiger partial charge in [0, 0.05) is 0 Å². The minimum Gasteiger partial charge on any atom is -0.469 e. The van der Waals surface area contributed by atoms with Crippen molar-refractivity contribution in [2.45, 2.75) is 110 Å². The Morgan fingerprint density at radius 1 is 0.759 bits per heavy atom. The molecule has 3 rings (SSSR count). The summed E-state index contributed by atoms with van der Waals surface area (Å²) in [6, 6.07) is 0. The maximum atomic E-state index is 11.7. The third-order valence-electron chi connectivity index (χ3n) is 8.55. The molecule has 0 aromatic carbocycles. The maximum absolute atomic E-state index is 11.7. The van der Waals surface area contributed by atoms with Crippen LogP contribution in [0.15, 0.2) is 12.2 Å². The van der Waals surface area contributed by atoms with E-state index in [4.69, 9.17) is 4.74 Å². The molecule has 0 N–H and O–H groups in total. The van der Waals surface area contributed by atoms with E-state index in [9.17, 15) is 4.79 Å². The van der Waals surface area contributed by atoms with Crippen LogP contribution in [0, 0.1) is 35.5 Å². The standard InChI is InChI=1S/C27H46O2/c1-3-4-5-6-21-7-9-22(10-8-21)11-12-23-13-15-24(16-14-23)25-17-19-26(20-18-25)27(28)29-2/h11-12,21-26H,3-10,13-20H2,1-2H3/t21-,22-,23?,24?,25-,26-. The Bertz CT molecular complexity index is 487. The molecule has 29 heavy (non-hydrogen) atoms. The normalized spacial score (nSPS) is 36.2. The number of carbonyl (C=O) groups excluding carboxylic acids is 1. The Labute approximate surface area is 180 Å². The van der Waals surface area contributed by atoms with Crippen LogP contribution in [0.3, 0.4) is 0 Å². The number of esters is 1. The molecule has 3 aliphatic carbocycles. The van der Waals surface area contributed by atoms with Gasteiger partial charge < -0.3 is 4.74 Å². The van der Waals surface area contributed by atoms with Crippen molar-refractivity contribution in [2.75, 3.05) is 7.11 Å². The highest BCUT2D eigenvalue weighted by molar-refractivity contribution is 5.72. The number of allylic oxidation sites excluding steroid dienone is 2. The number of hydrogen-bond donors (Lipinski definition) is 0. The Kier molecular flexibility index (Phi) is 9.59. The van der Waals surface area contributed by atoms with E-state index >= 15 is 0 Å². The van der Waals surface area contributed by atoms with E-state index in [0.29, 0.717) is 0 Å². The molecule has 0 atom stereocenters. The largest absolute Gasteiger partial charge is 0.469 e. The van der Waals surface area contributed by atoms with Crippen LogP contribution in [0.5, 0.6) is 0 Å². The Balaban J connectivity index is 1.31. The van der Waals surface area contributed by atoms with Crippen molar-refractivity contribution >= 4 is 5.97 Å². The molecule has 0 aromatic heterocycles. The second kappa shape index (κ2) is 12.2. The lowest BCUT2D eigenvalue weighted by atomic mass is 9.69. The molecule has 0 aliphatic heterocycles. The summed E-state index contributed by atoms with van der Waals surface area (Å²) in [7, 11) is 1.53. The zero-order valence-corrected chi connectivity index (χ0v) is 19.2. The van der Waals surface area contributed by atoms with Crippen LogP contribution >= 0.6 is 0 Å². The summed E-state index contributed by atoms with van der Waals surface area (Å²) < 4.78 is 4.94. The van der Waals surface area contributed by atoms with Crippen molar-refractivity contribution in [2.24, 2.45) is 35.5 Å². The predicted molar refractivity (Wildman–Crippen MR) is 122 cm³/mol. The van der Waals surface area contributed by atoms with Crippen LogP contribution in [0.2, 0.25) is 0 Å². The molecule has 0 bridgehead atoms. The van der Waals surface area contributed by atoms with Crippen LogP contribution in [0.1, 0.15) is 110 Å². The van der Waals surface area contributed by atoms with Gasteiger partial charge in [-0.15, -0.1) is 0 Å². The molecule has 0 unspecified atom stereocenters. The molecule has 3 fully saturated rings. The molecule has 3 aliphatic rings. The van der Waals surface area contributed by atoms with Gasteiger partial charge in [-0.25, -0.2) is 0 Å². The summed E-state index contributed by atoms with van der Waals surface area (Å²) in [5, 5.41) is 0. The molecule has 166 valence electrons. The SMILES string of the molecule is CCCCC[C@H]1CC[C@H](C=CC2CCC([C@H]3CC[C@H](C(=O)OC)CC3)CC2)CC1. The highest BCUT2D eigenvalue weighted by Gasteiger charge is 2.33. The third-order valence-corrected chi connectivity index (χ3v) is 8.55. The molecule has 0 amide bonds. The van der Waals surface area contributed by atoms with Gasteiger partial charge in [0.15, 0.2) is 0 Å². The molecule has 3 saturated carbocycles. The van der Waals surface area contributed by atoms with Crippen molar-refractivity contribution in [1.29, 1.82) is 0 Å². The minimum absolute atomic E-state index is 0.0206. The quantitative estimate of drug-likeness (QED) is 0.236. The Morgan fingerprint density at radius 3 is 1.79 bits per heavy atom. The summed E-state index contributed by atoms with van der Waals surface area (Å²) in [4.78, 5) is 11.7. The highest BCUT2D eigenvalue weighted by atomic mass is 16.5. The highest BCUT2D eigenvalue weighted by Crippen LogP contribution is 2.42. The zero-order valence-electron chi connectivity index (χ0n) is 19.2. The molecule has 0 radical (unpaired) electrons. The van der Waals surface area contributed by atoms with Crippen molar-refractivity contribution in [3.05, 3.63) is 12.2 Å². The first-order valence-corrected chi connectivity index (χ1v) is 13.0. The molecule has 0 spiro atoms. The molecule has 0 heterocycles. The van der Waals surface area contributed by atoms with E-state index in [1.165, 1.54) is 97.0 Å². The van der Waals surface area contributed by atoms with Crippen LogP contribution < -0.4 is 0 Å². The maximum Gasteiger partial charge on any atom is 0.308 e. The molecular weight excluding hydrogens is 356 g/mol. The van der Waals surface area contributed by atoms with Gasteiger partial charge in [0.05, 0.1) is 13.0 Å². The fourth-order valence-electron chi connectivity index (χ4n) is 6.47. The van der Waals surface area contributed by atoms with Crippen molar-refractivity contribution in [1.82, 2.24) is 0 Å².